The average Bonchev–Trinajstić information content (AvgIpc) is 2.27. The van der Waals surface area contributed by atoms with E-state index in [1.54, 1.807) is 7.11 Å². The third-order valence-corrected chi connectivity index (χ3v) is 2.75. The molecule has 18 heavy (non-hydrogen) atoms. The Morgan fingerprint density at radius 1 is 1.39 bits per heavy atom. The van der Waals surface area contributed by atoms with Gasteiger partial charge in [-0.15, -0.1) is 0 Å². The quantitative estimate of drug-likeness (QED) is 0.519. The van der Waals surface area contributed by atoms with Crippen molar-refractivity contribution in [3.8, 4) is 0 Å². The lowest BCUT2D eigenvalue weighted by atomic mass is 10.0. The van der Waals surface area contributed by atoms with Gasteiger partial charge in [0.1, 0.15) is 6.04 Å². The average molecular weight is 260 g/mol. The lowest BCUT2D eigenvalue weighted by Gasteiger charge is -2.18. The first-order chi connectivity index (χ1) is 8.38. The van der Waals surface area contributed by atoms with Gasteiger partial charge in [0.2, 0.25) is 5.91 Å². The molecule has 0 rings (SSSR count). The smallest absolute Gasteiger partial charge is 0.326 e. The zero-order valence-electron chi connectivity index (χ0n) is 11.3. The molecule has 0 heterocycles. The largest absolute Gasteiger partial charge is 0.480 e. The number of methoxy groups -OCH3 is 1. The second-order valence-corrected chi connectivity index (χ2v) is 4.71. The summed E-state index contributed by atoms with van der Waals surface area (Å²) >= 11 is 0. The van der Waals surface area contributed by atoms with Crippen LogP contribution in [-0.2, 0) is 14.3 Å². The molecular formula is C12H24N2O4. The molecule has 0 aliphatic rings. The SMILES string of the molecule is COCCCC(NC(=O)CC(N)C(C)C)C(=O)O. The molecule has 1 amide bonds. The van der Waals surface area contributed by atoms with Crippen molar-refractivity contribution in [3.63, 3.8) is 0 Å². The predicted octanol–water partition coefficient (Wildman–Crippen LogP) is 0.356. The molecule has 0 saturated heterocycles. The van der Waals surface area contributed by atoms with Crippen molar-refractivity contribution < 1.29 is 19.4 Å². The van der Waals surface area contributed by atoms with Gasteiger partial charge in [-0.05, 0) is 18.8 Å². The maximum atomic E-state index is 11.6. The van der Waals surface area contributed by atoms with Crippen molar-refractivity contribution in [1.82, 2.24) is 5.32 Å². The van der Waals surface area contributed by atoms with Crippen molar-refractivity contribution >= 4 is 11.9 Å². The second-order valence-electron chi connectivity index (χ2n) is 4.71. The van der Waals surface area contributed by atoms with E-state index in [1.807, 2.05) is 13.8 Å². The van der Waals surface area contributed by atoms with Gasteiger partial charge in [0.15, 0.2) is 0 Å². The van der Waals surface area contributed by atoms with E-state index in [2.05, 4.69) is 5.32 Å². The van der Waals surface area contributed by atoms with Crippen LogP contribution in [0.1, 0.15) is 33.1 Å². The van der Waals surface area contributed by atoms with E-state index in [1.165, 1.54) is 0 Å². The number of hydrogen-bond acceptors (Lipinski definition) is 4. The predicted molar refractivity (Wildman–Crippen MR) is 68.1 cm³/mol. The molecule has 0 radical (unpaired) electrons. The highest BCUT2D eigenvalue weighted by molar-refractivity contribution is 5.83. The number of ether oxygens (including phenoxy) is 1. The van der Waals surface area contributed by atoms with Crippen LogP contribution in [0.5, 0.6) is 0 Å². The van der Waals surface area contributed by atoms with E-state index >= 15 is 0 Å². The topological polar surface area (TPSA) is 102 Å². The van der Waals surface area contributed by atoms with Gasteiger partial charge in [-0.1, -0.05) is 13.8 Å². The normalized spacial score (nSPS) is 14.3. The molecule has 0 saturated carbocycles. The highest BCUT2D eigenvalue weighted by Gasteiger charge is 2.21. The molecule has 0 aromatic rings. The van der Waals surface area contributed by atoms with E-state index < -0.39 is 12.0 Å². The Bertz CT molecular complexity index is 269. The minimum absolute atomic E-state index is 0.145. The van der Waals surface area contributed by atoms with Crippen molar-refractivity contribution in [1.29, 1.82) is 0 Å². The summed E-state index contributed by atoms with van der Waals surface area (Å²) in [5.41, 5.74) is 5.76. The lowest BCUT2D eigenvalue weighted by molar-refractivity contribution is -0.142. The van der Waals surface area contributed by atoms with Crippen LogP contribution in [0.3, 0.4) is 0 Å². The molecule has 0 fully saturated rings. The molecule has 2 atom stereocenters. The zero-order chi connectivity index (χ0) is 14.1. The zero-order valence-corrected chi connectivity index (χ0v) is 11.3. The minimum atomic E-state index is -1.03. The summed E-state index contributed by atoms with van der Waals surface area (Å²) in [5, 5.41) is 11.5. The number of rotatable bonds is 9. The highest BCUT2D eigenvalue weighted by atomic mass is 16.5. The number of nitrogens with two attached hydrogens (primary N) is 1. The van der Waals surface area contributed by atoms with Gasteiger partial charge in [0.05, 0.1) is 0 Å². The van der Waals surface area contributed by atoms with Gasteiger partial charge in [-0.25, -0.2) is 4.79 Å². The molecule has 2 unspecified atom stereocenters. The molecule has 6 nitrogen and oxygen atoms in total. The Morgan fingerprint density at radius 3 is 2.44 bits per heavy atom. The Labute approximate surface area is 108 Å². The van der Waals surface area contributed by atoms with E-state index in [4.69, 9.17) is 15.6 Å². The fourth-order valence-corrected chi connectivity index (χ4v) is 1.39. The van der Waals surface area contributed by atoms with E-state index in [0.29, 0.717) is 19.4 Å². The van der Waals surface area contributed by atoms with Crippen molar-refractivity contribution in [2.75, 3.05) is 13.7 Å². The molecule has 6 heteroatoms. The Morgan fingerprint density at radius 2 is 2.00 bits per heavy atom. The maximum Gasteiger partial charge on any atom is 0.326 e. The van der Waals surface area contributed by atoms with Crippen LogP contribution in [0, 0.1) is 5.92 Å². The van der Waals surface area contributed by atoms with Crippen molar-refractivity contribution in [3.05, 3.63) is 0 Å². The van der Waals surface area contributed by atoms with Gasteiger partial charge >= 0.3 is 5.97 Å². The fourth-order valence-electron chi connectivity index (χ4n) is 1.39. The number of aliphatic carboxylic acids is 1. The summed E-state index contributed by atoms with van der Waals surface area (Å²) in [5.74, 6) is -1.16. The summed E-state index contributed by atoms with van der Waals surface area (Å²) in [6, 6.07) is -1.12. The number of carbonyl (C=O) groups is 2. The summed E-state index contributed by atoms with van der Waals surface area (Å²) in [7, 11) is 1.55. The van der Waals surface area contributed by atoms with Gasteiger partial charge in [0.25, 0.3) is 0 Å². The van der Waals surface area contributed by atoms with Gasteiger partial charge in [0, 0.05) is 26.2 Å². The van der Waals surface area contributed by atoms with Crippen LogP contribution in [0.25, 0.3) is 0 Å². The first-order valence-corrected chi connectivity index (χ1v) is 6.15. The number of nitrogens with one attached hydrogen (secondary N) is 1. The number of carboxylic acids is 1. The number of carbonyl (C=O) groups excluding carboxylic acids is 1. The number of hydrogen-bond donors (Lipinski definition) is 3. The summed E-state index contributed by atoms with van der Waals surface area (Å²) < 4.78 is 4.85. The van der Waals surface area contributed by atoms with Crippen molar-refractivity contribution in [2.24, 2.45) is 11.7 Å². The van der Waals surface area contributed by atoms with Crippen LogP contribution in [-0.4, -0.2) is 42.8 Å². The summed E-state index contributed by atoms with van der Waals surface area (Å²) in [4.78, 5) is 22.6. The Hall–Kier alpha value is -1.14. The second kappa shape index (κ2) is 8.88. The standard InChI is InChI=1S/C12H24N2O4/c1-8(2)9(13)7-11(15)14-10(12(16)17)5-4-6-18-3/h8-10H,4-7,13H2,1-3H3,(H,14,15)(H,16,17). The minimum Gasteiger partial charge on any atom is -0.480 e. The number of carboxylic acid groups (broad SMARTS) is 1. The molecule has 0 aromatic carbocycles. The first-order valence-electron chi connectivity index (χ1n) is 6.15. The monoisotopic (exact) mass is 260 g/mol. The van der Waals surface area contributed by atoms with E-state index in [9.17, 15) is 9.59 Å². The molecule has 4 N–H and O–H groups in total. The first kappa shape index (κ1) is 16.9. The highest BCUT2D eigenvalue weighted by Crippen LogP contribution is 2.04. The van der Waals surface area contributed by atoms with Crippen LogP contribution < -0.4 is 11.1 Å². The van der Waals surface area contributed by atoms with E-state index in [0.717, 1.165) is 0 Å². The van der Waals surface area contributed by atoms with Crippen LogP contribution in [0.15, 0.2) is 0 Å². The molecule has 0 spiro atoms. The Balaban J connectivity index is 4.15. The molecule has 0 aromatic heterocycles. The molecule has 0 aliphatic heterocycles. The van der Waals surface area contributed by atoms with Gasteiger partial charge < -0.3 is 20.9 Å². The van der Waals surface area contributed by atoms with Crippen molar-refractivity contribution in [2.45, 2.75) is 45.2 Å². The summed E-state index contributed by atoms with van der Waals surface area (Å²) in [6.45, 7) is 4.32. The van der Waals surface area contributed by atoms with Gasteiger partial charge in [-0.3, -0.25) is 4.79 Å². The third-order valence-electron chi connectivity index (χ3n) is 2.75. The van der Waals surface area contributed by atoms with E-state index in [-0.39, 0.29) is 24.3 Å². The van der Waals surface area contributed by atoms with Crippen LogP contribution in [0.2, 0.25) is 0 Å². The number of amides is 1. The molecule has 106 valence electrons. The summed E-state index contributed by atoms with van der Waals surface area (Å²) in [6.07, 6.45) is 1.08. The van der Waals surface area contributed by atoms with Crippen LogP contribution in [0.4, 0.5) is 0 Å². The Kier molecular flexibility index (Phi) is 8.32. The molecule has 0 aliphatic carbocycles. The van der Waals surface area contributed by atoms with Gasteiger partial charge in [-0.2, -0.15) is 0 Å². The third kappa shape index (κ3) is 7.24. The molecule has 0 bridgehead atoms. The molecular weight excluding hydrogens is 236 g/mol. The lowest BCUT2D eigenvalue weighted by Crippen LogP contribution is -2.43. The van der Waals surface area contributed by atoms with Crippen LogP contribution >= 0.6 is 0 Å². The fraction of sp³-hybridized carbons (Fsp3) is 0.833. The maximum absolute atomic E-state index is 11.6.